The standard InChI is InChI=1S/C13H19N3O3S/c1-13(2,11-14-5-7-20-11)15-12(19)16-6-3-4-9(8-16)10(17)18/h5,7,9H,3-4,6,8H2,1-2H3,(H,15,19)(H,17,18)/t9-/m0/s1. The number of hydrogen-bond acceptors (Lipinski definition) is 4. The third-order valence-electron chi connectivity index (χ3n) is 3.44. The molecule has 0 aliphatic carbocycles. The average Bonchev–Trinajstić information content (AvgIpc) is 2.93. The lowest BCUT2D eigenvalue weighted by atomic mass is 9.98. The van der Waals surface area contributed by atoms with Gasteiger partial charge in [0.05, 0.1) is 11.5 Å². The van der Waals surface area contributed by atoms with E-state index in [4.69, 9.17) is 5.11 Å². The molecule has 1 aromatic heterocycles. The number of aliphatic carboxylic acids is 1. The molecular formula is C13H19N3O3S. The minimum Gasteiger partial charge on any atom is -0.481 e. The Hall–Kier alpha value is -1.63. The van der Waals surface area contributed by atoms with Crippen LogP contribution in [0.25, 0.3) is 0 Å². The van der Waals surface area contributed by atoms with Crippen LogP contribution in [0.3, 0.4) is 0 Å². The molecule has 0 bridgehead atoms. The summed E-state index contributed by atoms with van der Waals surface area (Å²) in [7, 11) is 0. The van der Waals surface area contributed by atoms with E-state index in [1.165, 1.54) is 11.3 Å². The van der Waals surface area contributed by atoms with Crippen LogP contribution in [0.2, 0.25) is 0 Å². The van der Waals surface area contributed by atoms with Crippen molar-refractivity contribution in [2.45, 2.75) is 32.2 Å². The van der Waals surface area contributed by atoms with Gasteiger partial charge in [-0.05, 0) is 26.7 Å². The Morgan fingerprint density at radius 2 is 2.30 bits per heavy atom. The van der Waals surface area contributed by atoms with Gasteiger partial charge in [-0.2, -0.15) is 0 Å². The molecule has 2 heterocycles. The number of piperidine rings is 1. The maximum Gasteiger partial charge on any atom is 0.318 e. The number of rotatable bonds is 3. The predicted octanol–water partition coefficient (Wildman–Crippen LogP) is 1.88. The van der Waals surface area contributed by atoms with Crippen LogP contribution in [0, 0.1) is 5.92 Å². The van der Waals surface area contributed by atoms with E-state index in [0.29, 0.717) is 13.0 Å². The fourth-order valence-electron chi connectivity index (χ4n) is 2.30. The highest BCUT2D eigenvalue weighted by atomic mass is 32.1. The molecule has 0 saturated carbocycles. The molecule has 6 nitrogen and oxygen atoms in total. The summed E-state index contributed by atoms with van der Waals surface area (Å²) in [5.74, 6) is -1.29. The quantitative estimate of drug-likeness (QED) is 0.892. The van der Waals surface area contributed by atoms with Crippen LogP contribution in [0.1, 0.15) is 31.7 Å². The van der Waals surface area contributed by atoms with Crippen LogP contribution < -0.4 is 5.32 Å². The lowest BCUT2D eigenvalue weighted by Crippen LogP contribution is -2.52. The van der Waals surface area contributed by atoms with Gasteiger partial charge >= 0.3 is 12.0 Å². The molecule has 2 N–H and O–H groups in total. The van der Waals surface area contributed by atoms with Gasteiger partial charge in [0.2, 0.25) is 0 Å². The second kappa shape index (κ2) is 5.78. The van der Waals surface area contributed by atoms with Gasteiger partial charge in [-0.3, -0.25) is 4.79 Å². The number of carboxylic acids is 1. The topological polar surface area (TPSA) is 82.5 Å². The number of nitrogens with one attached hydrogen (secondary N) is 1. The van der Waals surface area contributed by atoms with Gasteiger partial charge in [-0.15, -0.1) is 11.3 Å². The van der Waals surface area contributed by atoms with Crippen molar-refractivity contribution < 1.29 is 14.7 Å². The molecule has 1 fully saturated rings. The van der Waals surface area contributed by atoms with Crippen molar-refractivity contribution in [3.63, 3.8) is 0 Å². The number of hydrogen-bond donors (Lipinski definition) is 2. The first-order valence-corrected chi connectivity index (χ1v) is 7.48. The lowest BCUT2D eigenvalue weighted by Gasteiger charge is -2.34. The van der Waals surface area contributed by atoms with Crippen molar-refractivity contribution in [3.05, 3.63) is 16.6 Å². The highest BCUT2D eigenvalue weighted by molar-refractivity contribution is 7.09. The molecule has 2 amide bonds. The molecule has 1 aromatic rings. The summed E-state index contributed by atoms with van der Waals surface area (Å²) in [4.78, 5) is 29.1. The fraction of sp³-hybridized carbons (Fsp3) is 0.615. The normalized spacial score (nSPS) is 19.7. The van der Waals surface area contributed by atoms with Gasteiger partial charge in [-0.25, -0.2) is 9.78 Å². The number of carbonyl (C=O) groups excluding carboxylic acids is 1. The van der Waals surface area contributed by atoms with E-state index >= 15 is 0 Å². The molecule has 2 rings (SSSR count). The first-order chi connectivity index (χ1) is 9.40. The number of carboxylic acid groups (broad SMARTS) is 1. The molecule has 0 unspecified atom stereocenters. The summed E-state index contributed by atoms with van der Waals surface area (Å²) in [6.07, 6.45) is 3.06. The summed E-state index contributed by atoms with van der Waals surface area (Å²) >= 11 is 1.49. The number of amides is 2. The molecule has 0 aromatic carbocycles. The smallest absolute Gasteiger partial charge is 0.318 e. The Labute approximate surface area is 121 Å². The number of carbonyl (C=O) groups is 2. The lowest BCUT2D eigenvalue weighted by molar-refractivity contribution is -0.143. The van der Waals surface area contributed by atoms with E-state index in [1.54, 1.807) is 11.1 Å². The molecule has 0 radical (unpaired) electrons. The Morgan fingerprint density at radius 3 is 2.90 bits per heavy atom. The first-order valence-electron chi connectivity index (χ1n) is 6.60. The Balaban J connectivity index is 1.99. The number of likely N-dealkylation sites (tertiary alicyclic amines) is 1. The highest BCUT2D eigenvalue weighted by Crippen LogP contribution is 2.23. The largest absolute Gasteiger partial charge is 0.481 e. The summed E-state index contributed by atoms with van der Waals surface area (Å²) < 4.78 is 0. The van der Waals surface area contributed by atoms with E-state index < -0.39 is 17.4 Å². The molecule has 0 spiro atoms. The minimum absolute atomic E-state index is 0.226. The molecule has 1 aliphatic heterocycles. The van der Waals surface area contributed by atoms with E-state index in [1.807, 2.05) is 19.2 Å². The van der Waals surface area contributed by atoms with Gasteiger partial charge in [0.25, 0.3) is 0 Å². The fourth-order valence-corrected chi connectivity index (χ4v) is 3.01. The zero-order chi connectivity index (χ0) is 14.8. The summed E-state index contributed by atoms with van der Waals surface area (Å²) in [5.41, 5.74) is -0.554. The SMILES string of the molecule is CC(C)(NC(=O)N1CCC[C@H](C(=O)O)C1)c1nccs1. The maximum absolute atomic E-state index is 12.3. The predicted molar refractivity (Wildman–Crippen MR) is 75.6 cm³/mol. The van der Waals surface area contributed by atoms with Crippen LogP contribution >= 0.6 is 11.3 Å². The van der Waals surface area contributed by atoms with Gasteiger partial charge in [-0.1, -0.05) is 0 Å². The number of nitrogens with zero attached hydrogens (tertiary/aromatic N) is 2. The Bertz CT molecular complexity index is 487. The molecular weight excluding hydrogens is 278 g/mol. The van der Waals surface area contributed by atoms with E-state index in [0.717, 1.165) is 11.4 Å². The Morgan fingerprint density at radius 1 is 1.55 bits per heavy atom. The monoisotopic (exact) mass is 297 g/mol. The molecule has 7 heteroatoms. The van der Waals surface area contributed by atoms with Gasteiger partial charge < -0.3 is 15.3 Å². The van der Waals surface area contributed by atoms with Crippen LogP contribution in [0.5, 0.6) is 0 Å². The molecule has 1 saturated heterocycles. The van der Waals surface area contributed by atoms with Gasteiger partial charge in [0.15, 0.2) is 0 Å². The van der Waals surface area contributed by atoms with Crippen molar-refractivity contribution in [1.82, 2.24) is 15.2 Å². The number of urea groups is 1. The molecule has 1 atom stereocenters. The van der Waals surface area contributed by atoms with Crippen LogP contribution in [0.4, 0.5) is 4.79 Å². The van der Waals surface area contributed by atoms with Crippen LogP contribution in [-0.4, -0.2) is 40.1 Å². The van der Waals surface area contributed by atoms with E-state index in [2.05, 4.69) is 10.3 Å². The second-order valence-corrected chi connectivity index (χ2v) is 6.41. The highest BCUT2D eigenvalue weighted by Gasteiger charge is 2.32. The van der Waals surface area contributed by atoms with Crippen molar-refractivity contribution in [3.8, 4) is 0 Å². The van der Waals surface area contributed by atoms with Crippen LogP contribution in [0.15, 0.2) is 11.6 Å². The molecule has 20 heavy (non-hydrogen) atoms. The third-order valence-corrected chi connectivity index (χ3v) is 4.54. The van der Waals surface area contributed by atoms with E-state index in [9.17, 15) is 9.59 Å². The number of aromatic nitrogens is 1. The van der Waals surface area contributed by atoms with Gasteiger partial charge in [0, 0.05) is 24.7 Å². The summed E-state index contributed by atoms with van der Waals surface area (Å²) in [6.45, 7) is 4.66. The van der Waals surface area contributed by atoms with Gasteiger partial charge in [0.1, 0.15) is 5.01 Å². The zero-order valence-electron chi connectivity index (χ0n) is 11.6. The van der Waals surface area contributed by atoms with Crippen molar-refractivity contribution in [2.24, 2.45) is 5.92 Å². The van der Waals surface area contributed by atoms with Crippen LogP contribution in [-0.2, 0) is 10.3 Å². The molecule has 1 aliphatic rings. The third kappa shape index (κ3) is 3.27. The van der Waals surface area contributed by atoms with Crippen molar-refractivity contribution >= 4 is 23.3 Å². The van der Waals surface area contributed by atoms with Crippen molar-refractivity contribution in [1.29, 1.82) is 0 Å². The number of thiazole rings is 1. The van der Waals surface area contributed by atoms with Crippen molar-refractivity contribution in [2.75, 3.05) is 13.1 Å². The Kier molecular flexibility index (Phi) is 4.27. The first kappa shape index (κ1) is 14.8. The summed E-state index contributed by atoms with van der Waals surface area (Å²) in [6, 6.07) is -0.226. The minimum atomic E-state index is -0.832. The summed E-state index contributed by atoms with van der Waals surface area (Å²) in [5, 5.41) is 14.7. The maximum atomic E-state index is 12.3. The zero-order valence-corrected chi connectivity index (χ0v) is 12.4. The molecule has 110 valence electrons. The second-order valence-electron chi connectivity index (χ2n) is 5.52. The average molecular weight is 297 g/mol. The van der Waals surface area contributed by atoms with E-state index in [-0.39, 0.29) is 12.6 Å².